The second kappa shape index (κ2) is 7.01. The fourth-order valence-corrected chi connectivity index (χ4v) is 2.58. The molecule has 0 aliphatic rings. The van der Waals surface area contributed by atoms with Gasteiger partial charge in [-0.15, -0.1) is 0 Å². The number of carbonyl (C=O) groups excluding carboxylic acids is 2. The van der Waals surface area contributed by atoms with Crippen molar-refractivity contribution in [3.05, 3.63) is 30.0 Å². The summed E-state index contributed by atoms with van der Waals surface area (Å²) in [5.74, 6) is 0.154. The number of rotatable bonds is 6. The molecule has 0 atom stereocenters. The predicted molar refractivity (Wildman–Crippen MR) is 96.3 cm³/mol. The summed E-state index contributed by atoms with van der Waals surface area (Å²) in [6.45, 7) is 9.07. The standard InChI is InChI=1S/C19H23NO5/c1-7-11-12-8-14(15(21)10-17(22)25-19(2,3)4)20-13(12)9-16(23-5)18(11)24-6/h7-9,20H,1,10H2,2-6H3. The average molecular weight is 345 g/mol. The number of benzene rings is 1. The van der Waals surface area contributed by atoms with E-state index in [1.165, 1.54) is 14.2 Å². The highest BCUT2D eigenvalue weighted by atomic mass is 16.6. The summed E-state index contributed by atoms with van der Waals surface area (Å²) >= 11 is 0. The maximum absolute atomic E-state index is 12.4. The zero-order valence-electron chi connectivity index (χ0n) is 15.2. The molecule has 2 aromatic rings. The van der Waals surface area contributed by atoms with Crippen molar-refractivity contribution in [2.24, 2.45) is 0 Å². The lowest BCUT2D eigenvalue weighted by Crippen LogP contribution is -2.25. The number of esters is 1. The van der Waals surface area contributed by atoms with Crippen LogP contribution in [0.5, 0.6) is 11.5 Å². The number of nitrogens with one attached hydrogen (secondary N) is 1. The number of aromatic nitrogens is 1. The molecule has 0 aliphatic heterocycles. The molecule has 0 fully saturated rings. The van der Waals surface area contributed by atoms with Gasteiger partial charge in [-0.1, -0.05) is 12.7 Å². The molecule has 134 valence electrons. The van der Waals surface area contributed by atoms with Crippen molar-refractivity contribution in [3.63, 3.8) is 0 Å². The van der Waals surface area contributed by atoms with Crippen molar-refractivity contribution in [2.75, 3.05) is 14.2 Å². The number of hydrogen-bond acceptors (Lipinski definition) is 5. The first-order valence-corrected chi connectivity index (χ1v) is 7.85. The fourth-order valence-electron chi connectivity index (χ4n) is 2.58. The van der Waals surface area contributed by atoms with E-state index in [0.29, 0.717) is 28.3 Å². The lowest BCUT2D eigenvalue weighted by Gasteiger charge is -2.18. The minimum absolute atomic E-state index is 0.319. The molecule has 25 heavy (non-hydrogen) atoms. The van der Waals surface area contributed by atoms with Crippen molar-refractivity contribution in [2.45, 2.75) is 32.8 Å². The molecule has 6 heteroatoms. The third kappa shape index (κ3) is 4.02. The molecule has 0 radical (unpaired) electrons. The Hall–Kier alpha value is -2.76. The molecule has 0 bridgehead atoms. The first-order chi connectivity index (χ1) is 11.7. The minimum Gasteiger partial charge on any atom is -0.493 e. The van der Waals surface area contributed by atoms with Gasteiger partial charge in [0.1, 0.15) is 12.0 Å². The second-order valence-electron chi connectivity index (χ2n) is 6.56. The first-order valence-electron chi connectivity index (χ1n) is 7.85. The van der Waals surface area contributed by atoms with Gasteiger partial charge in [0.25, 0.3) is 0 Å². The normalized spacial score (nSPS) is 11.2. The molecule has 0 amide bonds. The fraction of sp³-hybridized carbons (Fsp3) is 0.368. The molecular formula is C19H23NO5. The summed E-state index contributed by atoms with van der Waals surface area (Å²) < 4.78 is 15.9. The van der Waals surface area contributed by atoms with Crippen LogP contribution in [0.4, 0.5) is 0 Å². The van der Waals surface area contributed by atoms with Gasteiger partial charge in [-0.25, -0.2) is 0 Å². The van der Waals surface area contributed by atoms with Crippen LogP contribution in [0.15, 0.2) is 18.7 Å². The zero-order valence-corrected chi connectivity index (χ0v) is 15.2. The lowest BCUT2D eigenvalue weighted by atomic mass is 10.1. The number of hydrogen-bond donors (Lipinski definition) is 1. The number of ketones is 1. The Morgan fingerprint density at radius 1 is 1.20 bits per heavy atom. The summed E-state index contributed by atoms with van der Waals surface area (Å²) in [6.07, 6.45) is 1.31. The molecular weight excluding hydrogens is 322 g/mol. The summed E-state index contributed by atoms with van der Waals surface area (Å²) in [7, 11) is 3.08. The van der Waals surface area contributed by atoms with E-state index in [1.807, 2.05) is 0 Å². The monoisotopic (exact) mass is 345 g/mol. The molecule has 1 aromatic heterocycles. The highest BCUT2D eigenvalue weighted by molar-refractivity contribution is 6.08. The van der Waals surface area contributed by atoms with E-state index in [2.05, 4.69) is 11.6 Å². The molecule has 0 spiro atoms. The molecule has 1 heterocycles. The van der Waals surface area contributed by atoms with E-state index in [9.17, 15) is 9.59 Å². The van der Waals surface area contributed by atoms with Crippen LogP contribution in [0.25, 0.3) is 17.0 Å². The van der Waals surface area contributed by atoms with Crippen LogP contribution in [-0.4, -0.2) is 36.6 Å². The number of ether oxygens (including phenoxy) is 3. The van der Waals surface area contributed by atoms with Gasteiger partial charge < -0.3 is 19.2 Å². The number of H-pyrrole nitrogens is 1. The Bertz CT molecular complexity index is 826. The Kier molecular flexibility index (Phi) is 5.21. The molecule has 0 saturated heterocycles. The maximum atomic E-state index is 12.4. The van der Waals surface area contributed by atoms with Crippen LogP contribution >= 0.6 is 0 Å². The number of carbonyl (C=O) groups is 2. The Morgan fingerprint density at radius 3 is 2.40 bits per heavy atom. The van der Waals surface area contributed by atoms with Crippen molar-refractivity contribution in [1.82, 2.24) is 4.98 Å². The minimum atomic E-state index is -0.630. The van der Waals surface area contributed by atoms with E-state index < -0.39 is 11.6 Å². The SMILES string of the molecule is C=Cc1c(OC)c(OC)cc2[nH]c(C(=O)CC(=O)OC(C)(C)C)cc12. The lowest BCUT2D eigenvalue weighted by molar-refractivity contribution is -0.153. The largest absolute Gasteiger partial charge is 0.493 e. The average Bonchev–Trinajstić information content (AvgIpc) is 2.94. The topological polar surface area (TPSA) is 77.6 Å². The summed E-state index contributed by atoms with van der Waals surface area (Å²) in [5, 5.41) is 0.764. The quantitative estimate of drug-likeness (QED) is 0.490. The number of aromatic amines is 1. The van der Waals surface area contributed by atoms with Gasteiger partial charge >= 0.3 is 5.97 Å². The van der Waals surface area contributed by atoms with Crippen molar-refractivity contribution in [3.8, 4) is 11.5 Å². The predicted octanol–water partition coefficient (Wildman–Crippen LogP) is 3.74. The second-order valence-corrected chi connectivity index (χ2v) is 6.56. The molecule has 0 saturated carbocycles. The van der Waals surface area contributed by atoms with Gasteiger partial charge in [0.05, 0.1) is 25.4 Å². The smallest absolute Gasteiger partial charge is 0.314 e. The van der Waals surface area contributed by atoms with Gasteiger partial charge in [-0.3, -0.25) is 9.59 Å². The van der Waals surface area contributed by atoms with E-state index in [4.69, 9.17) is 14.2 Å². The third-order valence-electron chi connectivity index (χ3n) is 3.54. The first kappa shape index (κ1) is 18.6. The molecule has 0 unspecified atom stereocenters. The van der Waals surface area contributed by atoms with Crippen molar-refractivity contribution < 1.29 is 23.8 Å². The van der Waals surface area contributed by atoms with Crippen LogP contribution in [0, 0.1) is 0 Å². The Morgan fingerprint density at radius 2 is 1.88 bits per heavy atom. The molecule has 6 nitrogen and oxygen atoms in total. The number of Topliss-reactive ketones (excluding diaryl/α,β-unsaturated/α-hetero) is 1. The highest BCUT2D eigenvalue weighted by Gasteiger charge is 2.22. The van der Waals surface area contributed by atoms with E-state index >= 15 is 0 Å². The van der Waals surface area contributed by atoms with Crippen LogP contribution in [0.2, 0.25) is 0 Å². The van der Waals surface area contributed by atoms with Gasteiger partial charge in [-0.2, -0.15) is 0 Å². The van der Waals surface area contributed by atoms with E-state index in [0.717, 1.165) is 5.39 Å². The summed E-state index contributed by atoms with van der Waals surface area (Å²) in [4.78, 5) is 27.3. The van der Waals surface area contributed by atoms with E-state index in [1.54, 1.807) is 39.0 Å². The number of methoxy groups -OCH3 is 2. The van der Waals surface area contributed by atoms with E-state index in [-0.39, 0.29) is 12.2 Å². The molecule has 1 N–H and O–H groups in total. The van der Waals surface area contributed by atoms with Crippen molar-refractivity contribution >= 4 is 28.7 Å². The Balaban J connectivity index is 2.39. The molecule has 2 rings (SSSR count). The van der Waals surface area contributed by atoms with Gasteiger partial charge in [0.2, 0.25) is 0 Å². The zero-order chi connectivity index (χ0) is 18.8. The Labute approximate surface area is 146 Å². The molecule has 0 aliphatic carbocycles. The summed E-state index contributed by atoms with van der Waals surface area (Å²) in [5.41, 5.74) is 1.10. The van der Waals surface area contributed by atoms with Gasteiger partial charge in [0.15, 0.2) is 17.3 Å². The van der Waals surface area contributed by atoms with Crippen LogP contribution < -0.4 is 9.47 Å². The van der Waals surface area contributed by atoms with Crippen LogP contribution in [0.1, 0.15) is 43.2 Å². The maximum Gasteiger partial charge on any atom is 0.314 e. The number of fused-ring (bicyclic) bond motifs is 1. The van der Waals surface area contributed by atoms with Crippen molar-refractivity contribution in [1.29, 1.82) is 0 Å². The summed E-state index contributed by atoms with van der Waals surface area (Å²) in [6, 6.07) is 3.42. The highest BCUT2D eigenvalue weighted by Crippen LogP contribution is 2.38. The van der Waals surface area contributed by atoms with Crippen LogP contribution in [-0.2, 0) is 9.53 Å². The van der Waals surface area contributed by atoms with Gasteiger partial charge in [0, 0.05) is 17.0 Å². The van der Waals surface area contributed by atoms with Crippen LogP contribution in [0.3, 0.4) is 0 Å². The molecule has 1 aromatic carbocycles. The third-order valence-corrected chi connectivity index (χ3v) is 3.54. The van der Waals surface area contributed by atoms with Gasteiger partial charge in [-0.05, 0) is 26.8 Å².